The van der Waals surface area contributed by atoms with Crippen molar-refractivity contribution in [2.24, 2.45) is 0 Å². The van der Waals surface area contributed by atoms with Crippen LogP contribution in [0, 0.1) is 12.7 Å². The van der Waals surface area contributed by atoms with E-state index in [0.29, 0.717) is 22.1 Å². The zero-order chi connectivity index (χ0) is 10.7. The van der Waals surface area contributed by atoms with Crippen LogP contribution in [0.2, 0.25) is 0 Å². The van der Waals surface area contributed by atoms with Gasteiger partial charge in [-0.1, -0.05) is 15.9 Å². The number of rotatable bonds is 3. The third-order valence-electron chi connectivity index (χ3n) is 2.09. The smallest absolute Gasteiger partial charge is 0.127 e. The van der Waals surface area contributed by atoms with Crippen LogP contribution in [0.5, 0.6) is 0 Å². The Morgan fingerprint density at radius 1 is 1.57 bits per heavy atom. The highest BCUT2D eigenvalue weighted by molar-refractivity contribution is 9.10. The molecule has 0 aliphatic carbocycles. The Kier molecular flexibility index (Phi) is 4.04. The molecule has 1 atom stereocenters. The second-order valence-corrected chi connectivity index (χ2v) is 4.04. The average Bonchev–Trinajstić information content (AvgIpc) is 2.13. The fourth-order valence-corrected chi connectivity index (χ4v) is 1.62. The van der Waals surface area contributed by atoms with Crippen LogP contribution in [0.15, 0.2) is 16.6 Å². The van der Waals surface area contributed by atoms with Crippen LogP contribution in [0.1, 0.15) is 17.2 Å². The molecule has 78 valence electrons. The molecule has 1 aromatic carbocycles. The van der Waals surface area contributed by atoms with Gasteiger partial charge in [-0.25, -0.2) is 4.39 Å². The Hall–Kier alpha value is -0.450. The van der Waals surface area contributed by atoms with Crippen molar-refractivity contribution in [2.75, 3.05) is 13.6 Å². The standard InChI is InChI=1S/C10H13BrFNO/c1-6-8(11)3-7(4-9(6)12)10(14)5-13-2/h3-4,10,13-14H,5H2,1-2H3. The summed E-state index contributed by atoms with van der Waals surface area (Å²) in [5.41, 5.74) is 1.14. The number of halogens is 2. The van der Waals surface area contributed by atoms with Crippen LogP contribution in [-0.2, 0) is 0 Å². The van der Waals surface area contributed by atoms with Gasteiger partial charge in [-0.15, -0.1) is 0 Å². The molecule has 0 amide bonds. The largest absolute Gasteiger partial charge is 0.387 e. The van der Waals surface area contributed by atoms with E-state index < -0.39 is 6.10 Å². The van der Waals surface area contributed by atoms with E-state index in [1.807, 2.05) is 0 Å². The van der Waals surface area contributed by atoms with Crippen molar-refractivity contribution in [3.63, 3.8) is 0 Å². The van der Waals surface area contributed by atoms with Crippen molar-refractivity contribution in [3.8, 4) is 0 Å². The predicted octanol–water partition coefficient (Wildman–Crippen LogP) is 2.15. The van der Waals surface area contributed by atoms with Crippen molar-refractivity contribution in [3.05, 3.63) is 33.5 Å². The maximum atomic E-state index is 13.3. The number of hydrogen-bond acceptors (Lipinski definition) is 2. The monoisotopic (exact) mass is 261 g/mol. The summed E-state index contributed by atoms with van der Waals surface area (Å²) < 4.78 is 14.0. The molecule has 0 saturated carbocycles. The van der Waals surface area contributed by atoms with E-state index in [1.165, 1.54) is 6.07 Å². The van der Waals surface area contributed by atoms with Crippen molar-refractivity contribution in [2.45, 2.75) is 13.0 Å². The molecule has 14 heavy (non-hydrogen) atoms. The van der Waals surface area contributed by atoms with Crippen molar-refractivity contribution >= 4 is 15.9 Å². The van der Waals surface area contributed by atoms with Crippen molar-refractivity contribution < 1.29 is 9.50 Å². The maximum Gasteiger partial charge on any atom is 0.127 e. The number of nitrogens with one attached hydrogen (secondary N) is 1. The van der Waals surface area contributed by atoms with Crippen LogP contribution < -0.4 is 5.32 Å². The molecule has 0 aliphatic heterocycles. The lowest BCUT2D eigenvalue weighted by Crippen LogP contribution is -2.16. The summed E-state index contributed by atoms with van der Waals surface area (Å²) in [7, 11) is 1.74. The topological polar surface area (TPSA) is 32.3 Å². The molecule has 1 aromatic rings. The van der Waals surface area contributed by atoms with Crippen LogP contribution >= 0.6 is 15.9 Å². The number of benzene rings is 1. The van der Waals surface area contributed by atoms with E-state index in [0.717, 1.165) is 0 Å². The van der Waals surface area contributed by atoms with Gasteiger partial charge in [0.05, 0.1) is 6.10 Å². The van der Waals surface area contributed by atoms with Gasteiger partial charge < -0.3 is 10.4 Å². The van der Waals surface area contributed by atoms with Gasteiger partial charge in [-0.2, -0.15) is 0 Å². The number of aliphatic hydroxyl groups is 1. The molecule has 0 aromatic heterocycles. The van der Waals surface area contributed by atoms with Crippen LogP contribution in [0.4, 0.5) is 4.39 Å². The minimum absolute atomic E-state index is 0.301. The van der Waals surface area contributed by atoms with E-state index in [4.69, 9.17) is 0 Å². The van der Waals surface area contributed by atoms with E-state index in [2.05, 4.69) is 21.2 Å². The molecule has 4 heteroatoms. The fraction of sp³-hybridized carbons (Fsp3) is 0.400. The summed E-state index contributed by atoms with van der Waals surface area (Å²) in [6.45, 7) is 2.10. The minimum atomic E-state index is -0.675. The second-order valence-electron chi connectivity index (χ2n) is 3.18. The SMILES string of the molecule is CNCC(O)c1cc(F)c(C)c(Br)c1. The Bertz CT molecular complexity index is 307. The average molecular weight is 262 g/mol. The van der Waals surface area contributed by atoms with Gasteiger partial charge in [0.15, 0.2) is 0 Å². The van der Waals surface area contributed by atoms with Crippen LogP contribution in [0.3, 0.4) is 0 Å². The maximum absolute atomic E-state index is 13.3. The molecular formula is C10H13BrFNO. The molecule has 2 nitrogen and oxygen atoms in total. The highest BCUT2D eigenvalue weighted by Crippen LogP contribution is 2.24. The molecule has 0 saturated heterocycles. The molecule has 1 unspecified atom stereocenters. The second kappa shape index (κ2) is 4.87. The van der Waals surface area contributed by atoms with E-state index >= 15 is 0 Å². The molecule has 1 rings (SSSR count). The van der Waals surface area contributed by atoms with E-state index in [9.17, 15) is 9.50 Å². The highest BCUT2D eigenvalue weighted by Gasteiger charge is 2.11. The summed E-state index contributed by atoms with van der Waals surface area (Å²) in [4.78, 5) is 0. The van der Waals surface area contributed by atoms with Gasteiger partial charge in [0.25, 0.3) is 0 Å². The Balaban J connectivity index is 3.00. The predicted molar refractivity (Wildman–Crippen MR) is 57.7 cm³/mol. The highest BCUT2D eigenvalue weighted by atomic mass is 79.9. The summed E-state index contributed by atoms with van der Waals surface area (Å²) in [5.74, 6) is -0.301. The molecule has 0 radical (unpaired) electrons. The van der Waals surface area contributed by atoms with Gasteiger partial charge in [0, 0.05) is 11.0 Å². The Morgan fingerprint density at radius 3 is 2.71 bits per heavy atom. The first-order valence-electron chi connectivity index (χ1n) is 4.34. The quantitative estimate of drug-likeness (QED) is 0.874. The molecule has 2 N–H and O–H groups in total. The minimum Gasteiger partial charge on any atom is -0.387 e. The zero-order valence-corrected chi connectivity index (χ0v) is 9.73. The number of likely N-dealkylation sites (N-methyl/N-ethyl adjacent to an activating group) is 1. The Labute approximate surface area is 91.3 Å². The number of aliphatic hydroxyl groups excluding tert-OH is 1. The Morgan fingerprint density at radius 2 is 2.21 bits per heavy atom. The lowest BCUT2D eigenvalue weighted by molar-refractivity contribution is 0.177. The molecule has 0 aliphatic rings. The van der Waals surface area contributed by atoms with Crippen molar-refractivity contribution in [1.29, 1.82) is 0 Å². The number of hydrogen-bond donors (Lipinski definition) is 2. The van der Waals surface area contributed by atoms with Crippen LogP contribution in [0.25, 0.3) is 0 Å². The van der Waals surface area contributed by atoms with E-state index in [-0.39, 0.29) is 5.82 Å². The fourth-order valence-electron chi connectivity index (χ4n) is 1.17. The van der Waals surface area contributed by atoms with Gasteiger partial charge in [0.2, 0.25) is 0 Å². The summed E-state index contributed by atoms with van der Waals surface area (Å²) in [6.07, 6.45) is -0.675. The molecular weight excluding hydrogens is 249 g/mol. The third kappa shape index (κ3) is 2.53. The van der Waals surface area contributed by atoms with Gasteiger partial charge in [-0.3, -0.25) is 0 Å². The first-order valence-corrected chi connectivity index (χ1v) is 5.13. The van der Waals surface area contributed by atoms with E-state index in [1.54, 1.807) is 20.0 Å². The van der Waals surface area contributed by atoms with Gasteiger partial charge in [-0.05, 0) is 37.2 Å². The van der Waals surface area contributed by atoms with Crippen LogP contribution in [-0.4, -0.2) is 18.7 Å². The molecule has 0 fully saturated rings. The normalized spacial score (nSPS) is 12.9. The molecule has 0 spiro atoms. The summed E-state index contributed by atoms with van der Waals surface area (Å²) >= 11 is 3.24. The first-order chi connectivity index (χ1) is 6.56. The first kappa shape index (κ1) is 11.6. The lowest BCUT2D eigenvalue weighted by atomic mass is 10.1. The van der Waals surface area contributed by atoms with Gasteiger partial charge in [0.1, 0.15) is 5.82 Å². The zero-order valence-electron chi connectivity index (χ0n) is 8.14. The summed E-state index contributed by atoms with van der Waals surface area (Å²) in [6, 6.07) is 3.10. The lowest BCUT2D eigenvalue weighted by Gasteiger charge is -2.12. The van der Waals surface area contributed by atoms with Gasteiger partial charge >= 0.3 is 0 Å². The summed E-state index contributed by atoms with van der Waals surface area (Å²) in [5, 5.41) is 12.4. The third-order valence-corrected chi connectivity index (χ3v) is 2.91. The molecule has 0 bridgehead atoms. The molecule has 0 heterocycles. The van der Waals surface area contributed by atoms with Crippen molar-refractivity contribution in [1.82, 2.24) is 5.32 Å².